The van der Waals surface area contributed by atoms with Gasteiger partial charge >= 0.3 is 0 Å². The van der Waals surface area contributed by atoms with E-state index in [2.05, 4.69) is 61.9 Å². The van der Waals surface area contributed by atoms with Gasteiger partial charge in [-0.25, -0.2) is 4.98 Å². The summed E-state index contributed by atoms with van der Waals surface area (Å²) in [4.78, 5) is 4.95. The van der Waals surface area contributed by atoms with E-state index in [1.165, 1.54) is 22.6 Å². The quantitative estimate of drug-likeness (QED) is 0.0538. The highest BCUT2D eigenvalue weighted by Crippen LogP contribution is 2.45. The van der Waals surface area contributed by atoms with E-state index < -0.39 is 15.0 Å². The highest BCUT2D eigenvalue weighted by molar-refractivity contribution is 7.86. The van der Waals surface area contributed by atoms with Crippen molar-refractivity contribution in [3.05, 3.63) is 126 Å². The van der Waals surface area contributed by atoms with Crippen LogP contribution in [0.2, 0.25) is 0 Å². The molecule has 2 N–H and O–H groups in total. The van der Waals surface area contributed by atoms with Gasteiger partial charge in [-0.15, -0.1) is 22.9 Å². The highest BCUT2D eigenvalue weighted by atomic mass is 32.2. The summed E-state index contributed by atoms with van der Waals surface area (Å²) >= 11 is 8.67. The molecular formula is C42H35N9O4S3. The predicted octanol–water partition coefficient (Wildman–Crippen LogP) is 12.6. The van der Waals surface area contributed by atoms with E-state index in [9.17, 15) is 23.3 Å². The number of hydrogen-bond acceptors (Lipinski definition) is 13. The van der Waals surface area contributed by atoms with Crippen LogP contribution >= 0.6 is 25.3 Å². The third-order valence-electron chi connectivity index (χ3n) is 9.42. The third kappa shape index (κ3) is 8.38. The molecule has 58 heavy (non-hydrogen) atoms. The lowest BCUT2D eigenvalue weighted by Gasteiger charge is -2.16. The first-order valence-corrected chi connectivity index (χ1v) is 20.5. The zero-order valence-electron chi connectivity index (χ0n) is 31.1. The predicted molar refractivity (Wildman–Crippen MR) is 230 cm³/mol. The number of imidazole rings is 1. The number of hydrogen-bond donors (Lipinski definition) is 4. The van der Waals surface area contributed by atoms with Gasteiger partial charge < -0.3 is 5.11 Å². The van der Waals surface area contributed by atoms with Crippen molar-refractivity contribution in [2.24, 2.45) is 30.7 Å². The molecule has 290 valence electrons. The van der Waals surface area contributed by atoms with Crippen molar-refractivity contribution < 1.29 is 18.1 Å². The number of aromatic hydroxyl groups is 1. The van der Waals surface area contributed by atoms with Crippen LogP contribution in [0.15, 0.2) is 150 Å². The van der Waals surface area contributed by atoms with E-state index in [0.717, 1.165) is 23.3 Å². The van der Waals surface area contributed by atoms with Crippen molar-refractivity contribution in [3.63, 3.8) is 0 Å². The molecule has 7 aromatic rings. The summed E-state index contributed by atoms with van der Waals surface area (Å²) in [6, 6.07) is 33.3. The molecule has 0 radical (unpaired) electrons. The first-order chi connectivity index (χ1) is 28.0. The summed E-state index contributed by atoms with van der Waals surface area (Å²) in [6.07, 6.45) is 1.56. The zero-order chi connectivity index (χ0) is 41.0. The van der Waals surface area contributed by atoms with Gasteiger partial charge in [-0.1, -0.05) is 49.4 Å². The van der Waals surface area contributed by atoms with E-state index in [-0.39, 0.29) is 34.4 Å². The molecule has 0 amide bonds. The Kier molecular flexibility index (Phi) is 11.8. The fraction of sp³-hybridized carbons (Fsp3) is 0.143. The number of fused-ring (bicyclic) bond motifs is 3. The largest absolute Gasteiger partial charge is 0.493 e. The molecule has 0 saturated carbocycles. The smallest absolute Gasteiger partial charge is 0.296 e. The average Bonchev–Trinajstić information content (AvgIpc) is 3.62. The molecule has 7 rings (SSSR count). The van der Waals surface area contributed by atoms with Crippen LogP contribution in [-0.4, -0.2) is 33.2 Å². The Labute approximate surface area is 345 Å². The minimum absolute atomic E-state index is 0.0606. The number of azo groups is 3. The topological polar surface area (TPSA) is 190 Å². The molecule has 0 bridgehead atoms. The number of rotatable bonds is 12. The van der Waals surface area contributed by atoms with Crippen LogP contribution < -0.4 is 0 Å². The van der Waals surface area contributed by atoms with Gasteiger partial charge in [0.25, 0.3) is 10.1 Å². The van der Waals surface area contributed by atoms with Crippen LogP contribution in [-0.2, 0) is 10.1 Å². The second-order valence-electron chi connectivity index (χ2n) is 13.4. The molecule has 1 unspecified atom stereocenters. The Morgan fingerprint density at radius 3 is 2.22 bits per heavy atom. The average molecular weight is 826 g/mol. The number of nitrogens with zero attached hydrogens (tertiary/aromatic N) is 9. The van der Waals surface area contributed by atoms with Gasteiger partial charge in [0.15, 0.2) is 11.3 Å². The minimum atomic E-state index is -4.73. The lowest BCUT2D eigenvalue weighted by atomic mass is 9.93. The monoisotopic (exact) mass is 825 g/mol. The van der Waals surface area contributed by atoms with Crippen molar-refractivity contribution in [3.8, 4) is 23.1 Å². The third-order valence-corrected chi connectivity index (χ3v) is 10.9. The Morgan fingerprint density at radius 1 is 0.828 bits per heavy atom. The van der Waals surface area contributed by atoms with E-state index in [0.29, 0.717) is 56.2 Å². The molecule has 2 heterocycles. The Balaban J connectivity index is 1.32. The standard InChI is InChI=1S/C42H35N9O4S3/c1-25(9-8-20-56)31-23-35(48-47-34-19-16-29(22-38(34)58(53,54)55)46-45-28-14-17-30(57)18-15-28)26(2)21-36(31)49-50-40-39(27-10-4-3-5-11-27)32(24-43)41-44-33-12-6-7-13-37(33)51(41)42(40)52/h3-7,10-19,21-23,25,52,56-57H,8-9,20H2,1-2H3,(H,53,54,55)/b46-45-,48-47-,50-49-. The van der Waals surface area contributed by atoms with Crippen LogP contribution in [0.5, 0.6) is 5.88 Å². The summed E-state index contributed by atoms with van der Waals surface area (Å²) in [6.45, 7) is 3.84. The van der Waals surface area contributed by atoms with Gasteiger partial charge in [-0.2, -0.15) is 46.8 Å². The van der Waals surface area contributed by atoms with E-state index in [4.69, 9.17) is 5.11 Å². The van der Waals surface area contributed by atoms with Crippen LogP contribution in [0.4, 0.5) is 34.1 Å². The number of para-hydroxylation sites is 2. The maximum Gasteiger partial charge on any atom is 0.296 e. The van der Waals surface area contributed by atoms with Crippen LogP contribution in [0.3, 0.4) is 0 Å². The molecule has 0 aliphatic heterocycles. The van der Waals surface area contributed by atoms with Gasteiger partial charge in [-0.05, 0) is 115 Å². The molecule has 0 spiro atoms. The Bertz CT molecular complexity index is 2930. The summed E-state index contributed by atoms with van der Waals surface area (Å²) in [5.74, 6) is 0.376. The highest BCUT2D eigenvalue weighted by Gasteiger charge is 2.25. The molecular weight excluding hydrogens is 791 g/mol. The molecule has 2 aromatic heterocycles. The fourth-order valence-corrected chi connectivity index (χ4v) is 7.46. The number of nitriles is 1. The first-order valence-electron chi connectivity index (χ1n) is 18.0. The van der Waals surface area contributed by atoms with Gasteiger partial charge in [0.1, 0.15) is 22.2 Å². The number of benzene rings is 5. The van der Waals surface area contributed by atoms with E-state index in [1.807, 2.05) is 61.5 Å². The summed E-state index contributed by atoms with van der Waals surface area (Å²) in [7, 11) is -4.73. The lowest BCUT2D eigenvalue weighted by Crippen LogP contribution is -1.98. The molecule has 0 fully saturated rings. The first kappa shape index (κ1) is 40.0. The summed E-state index contributed by atoms with van der Waals surface area (Å²) in [5, 5.41) is 48.7. The molecule has 5 aromatic carbocycles. The summed E-state index contributed by atoms with van der Waals surface area (Å²) < 4.78 is 36.6. The number of aryl methyl sites for hydroxylation is 1. The lowest BCUT2D eigenvalue weighted by molar-refractivity contribution is 0.450. The summed E-state index contributed by atoms with van der Waals surface area (Å²) in [5.41, 5.74) is 5.76. The minimum Gasteiger partial charge on any atom is -0.493 e. The van der Waals surface area contributed by atoms with E-state index in [1.54, 1.807) is 43.3 Å². The SMILES string of the molecule is Cc1cc(/N=N\c2c(-c3ccccc3)c(C#N)c3nc4ccccc4n3c2O)c(C(C)CCCS)cc1/N=N\c1ccc(/N=N\c2ccc(S)cc2)cc1S(=O)(=O)O. The second-order valence-corrected chi connectivity index (χ2v) is 15.7. The maximum atomic E-state index is 12.5. The maximum absolute atomic E-state index is 12.5. The molecule has 16 heteroatoms. The molecule has 13 nitrogen and oxygen atoms in total. The van der Waals surface area contributed by atoms with Crippen LogP contribution in [0.1, 0.15) is 42.4 Å². The van der Waals surface area contributed by atoms with Crippen molar-refractivity contribution in [1.82, 2.24) is 9.38 Å². The molecule has 0 aliphatic rings. The van der Waals surface area contributed by atoms with Gasteiger partial charge in [0.05, 0.1) is 33.8 Å². The van der Waals surface area contributed by atoms with Crippen molar-refractivity contribution >= 4 is 86.2 Å². The molecule has 0 saturated heterocycles. The van der Waals surface area contributed by atoms with Crippen molar-refractivity contribution in [2.45, 2.75) is 42.4 Å². The van der Waals surface area contributed by atoms with Gasteiger partial charge in [-0.3, -0.25) is 8.95 Å². The van der Waals surface area contributed by atoms with E-state index >= 15 is 0 Å². The Morgan fingerprint density at radius 2 is 1.50 bits per heavy atom. The van der Waals surface area contributed by atoms with Crippen LogP contribution in [0.25, 0.3) is 27.8 Å². The fourth-order valence-electron chi connectivity index (χ4n) is 6.48. The normalized spacial score (nSPS) is 12.7. The number of aromatic nitrogens is 2. The van der Waals surface area contributed by atoms with Crippen LogP contribution in [0, 0.1) is 18.3 Å². The Hall–Kier alpha value is -6.25. The van der Waals surface area contributed by atoms with Gasteiger partial charge in [0.2, 0.25) is 5.88 Å². The number of thiol groups is 2. The van der Waals surface area contributed by atoms with Crippen molar-refractivity contribution in [2.75, 3.05) is 5.75 Å². The van der Waals surface area contributed by atoms with Crippen molar-refractivity contribution in [1.29, 1.82) is 5.26 Å². The zero-order valence-corrected chi connectivity index (χ0v) is 33.7. The number of pyridine rings is 1. The van der Waals surface area contributed by atoms with Gasteiger partial charge in [0, 0.05) is 10.5 Å². The molecule has 0 aliphatic carbocycles. The second kappa shape index (κ2) is 17.1. The molecule has 1 atom stereocenters.